The Bertz CT molecular complexity index is 402. The zero-order valence-corrected chi connectivity index (χ0v) is 8.12. The van der Waals surface area contributed by atoms with Crippen molar-refractivity contribution in [3.05, 3.63) is 17.3 Å². The van der Waals surface area contributed by atoms with Gasteiger partial charge in [0.1, 0.15) is 6.07 Å². The summed E-state index contributed by atoms with van der Waals surface area (Å²) in [5.41, 5.74) is 0.296. The van der Waals surface area contributed by atoms with Crippen LogP contribution in [0.1, 0.15) is 11.3 Å². The van der Waals surface area contributed by atoms with E-state index in [0.29, 0.717) is 5.69 Å². The molecule has 6 heteroatoms. The second-order valence-corrected chi connectivity index (χ2v) is 2.64. The van der Waals surface area contributed by atoms with E-state index in [2.05, 4.69) is 9.72 Å². The van der Waals surface area contributed by atoms with Crippen molar-refractivity contribution in [2.45, 2.75) is 13.5 Å². The average molecular weight is 214 g/mol. The van der Waals surface area contributed by atoms with Crippen molar-refractivity contribution in [1.29, 1.82) is 5.26 Å². The number of ether oxygens (including phenoxy) is 2. The number of aryl methyl sites for hydroxylation is 1. The third-order valence-electron chi connectivity index (χ3n) is 1.60. The number of halogens is 2. The van der Waals surface area contributed by atoms with Crippen LogP contribution < -0.4 is 9.47 Å². The third kappa shape index (κ3) is 2.53. The Balaban J connectivity index is 3.24. The molecule has 15 heavy (non-hydrogen) atoms. The maximum absolute atomic E-state index is 12.0. The van der Waals surface area contributed by atoms with Gasteiger partial charge in [-0.1, -0.05) is 0 Å². The molecule has 0 N–H and O–H groups in total. The first kappa shape index (κ1) is 11.2. The van der Waals surface area contributed by atoms with Crippen molar-refractivity contribution in [3.63, 3.8) is 0 Å². The summed E-state index contributed by atoms with van der Waals surface area (Å²) >= 11 is 0. The molecule has 0 amide bonds. The Hall–Kier alpha value is -1.90. The molecule has 1 heterocycles. The Morgan fingerprint density at radius 1 is 1.53 bits per heavy atom. The van der Waals surface area contributed by atoms with Gasteiger partial charge >= 0.3 is 6.61 Å². The van der Waals surface area contributed by atoms with Crippen LogP contribution in [0.5, 0.6) is 11.6 Å². The first-order valence-corrected chi connectivity index (χ1v) is 3.99. The molecule has 1 aromatic heterocycles. The van der Waals surface area contributed by atoms with E-state index in [1.54, 1.807) is 13.0 Å². The van der Waals surface area contributed by atoms with E-state index < -0.39 is 6.61 Å². The number of rotatable bonds is 3. The van der Waals surface area contributed by atoms with Crippen LogP contribution in [0.25, 0.3) is 0 Å². The summed E-state index contributed by atoms with van der Waals surface area (Å²) in [4.78, 5) is 3.86. The van der Waals surface area contributed by atoms with E-state index in [-0.39, 0.29) is 17.2 Å². The topological polar surface area (TPSA) is 55.1 Å². The van der Waals surface area contributed by atoms with E-state index in [9.17, 15) is 8.78 Å². The maximum Gasteiger partial charge on any atom is 0.387 e. The Kier molecular flexibility index (Phi) is 3.39. The smallest absolute Gasteiger partial charge is 0.387 e. The van der Waals surface area contributed by atoms with Crippen molar-refractivity contribution < 1.29 is 18.3 Å². The molecular formula is C9H8F2N2O2. The van der Waals surface area contributed by atoms with Crippen molar-refractivity contribution in [3.8, 4) is 17.7 Å². The van der Waals surface area contributed by atoms with Crippen LogP contribution in [0.3, 0.4) is 0 Å². The largest absolute Gasteiger partial charge is 0.480 e. The summed E-state index contributed by atoms with van der Waals surface area (Å²) in [5.74, 6) is -0.245. The van der Waals surface area contributed by atoms with Crippen molar-refractivity contribution in [2.24, 2.45) is 0 Å². The summed E-state index contributed by atoms with van der Waals surface area (Å²) in [6.45, 7) is -1.40. The number of pyridine rings is 1. The molecule has 0 atom stereocenters. The van der Waals surface area contributed by atoms with Gasteiger partial charge in [-0.05, 0) is 6.92 Å². The molecular weight excluding hydrogens is 206 g/mol. The van der Waals surface area contributed by atoms with E-state index in [0.717, 1.165) is 0 Å². The molecule has 0 radical (unpaired) electrons. The Labute approximate surface area is 85.1 Å². The predicted octanol–water partition coefficient (Wildman–Crippen LogP) is 1.87. The summed E-state index contributed by atoms with van der Waals surface area (Å²) in [6.07, 6.45) is 0. The SMILES string of the molecule is COc1nc(C)cc(OC(F)F)c1C#N. The fourth-order valence-electron chi connectivity index (χ4n) is 1.06. The van der Waals surface area contributed by atoms with Gasteiger partial charge in [-0.25, -0.2) is 4.98 Å². The number of hydrogen-bond acceptors (Lipinski definition) is 4. The van der Waals surface area contributed by atoms with Gasteiger partial charge in [-0.3, -0.25) is 0 Å². The molecule has 0 aromatic carbocycles. The number of nitriles is 1. The summed E-state index contributed by atoms with van der Waals surface area (Å²) in [5, 5.41) is 8.74. The first-order chi connectivity index (χ1) is 7.08. The molecule has 0 aliphatic heterocycles. The van der Waals surface area contributed by atoms with Crippen LogP contribution in [0.4, 0.5) is 8.78 Å². The molecule has 1 rings (SSSR count). The lowest BCUT2D eigenvalue weighted by Crippen LogP contribution is -2.06. The van der Waals surface area contributed by atoms with Crippen molar-refractivity contribution >= 4 is 0 Å². The van der Waals surface area contributed by atoms with Gasteiger partial charge < -0.3 is 9.47 Å². The van der Waals surface area contributed by atoms with Gasteiger partial charge in [-0.15, -0.1) is 0 Å². The lowest BCUT2D eigenvalue weighted by molar-refractivity contribution is -0.0502. The highest BCUT2D eigenvalue weighted by atomic mass is 19.3. The highest BCUT2D eigenvalue weighted by Crippen LogP contribution is 2.27. The number of alkyl halides is 2. The summed E-state index contributed by atoms with van der Waals surface area (Å²) < 4.78 is 33.0. The van der Waals surface area contributed by atoms with Gasteiger partial charge in [0.25, 0.3) is 0 Å². The number of nitrogens with zero attached hydrogens (tertiary/aromatic N) is 2. The fourth-order valence-corrected chi connectivity index (χ4v) is 1.06. The maximum atomic E-state index is 12.0. The lowest BCUT2D eigenvalue weighted by Gasteiger charge is -2.09. The van der Waals surface area contributed by atoms with Crippen LogP contribution in [0, 0.1) is 18.3 Å². The van der Waals surface area contributed by atoms with Gasteiger partial charge in [0.2, 0.25) is 5.88 Å². The molecule has 0 saturated carbocycles. The summed E-state index contributed by atoms with van der Waals surface area (Å²) in [6, 6.07) is 2.96. The van der Waals surface area contributed by atoms with Crippen LogP contribution in [0.15, 0.2) is 6.07 Å². The molecule has 0 spiro atoms. The fraction of sp³-hybridized carbons (Fsp3) is 0.333. The first-order valence-electron chi connectivity index (χ1n) is 3.99. The minimum atomic E-state index is -2.98. The normalized spacial score (nSPS) is 9.87. The molecule has 0 saturated heterocycles. The van der Waals surface area contributed by atoms with E-state index in [1.165, 1.54) is 13.2 Å². The molecule has 0 bridgehead atoms. The predicted molar refractivity (Wildman–Crippen MR) is 46.9 cm³/mol. The van der Waals surface area contributed by atoms with E-state index in [1.807, 2.05) is 0 Å². The molecule has 0 aliphatic rings. The minimum Gasteiger partial charge on any atom is -0.480 e. The van der Waals surface area contributed by atoms with Crippen LogP contribution in [-0.4, -0.2) is 18.7 Å². The second-order valence-electron chi connectivity index (χ2n) is 2.64. The van der Waals surface area contributed by atoms with Gasteiger partial charge in [0, 0.05) is 11.8 Å². The zero-order valence-electron chi connectivity index (χ0n) is 8.12. The Morgan fingerprint density at radius 2 is 2.20 bits per heavy atom. The van der Waals surface area contributed by atoms with Crippen molar-refractivity contribution in [2.75, 3.05) is 7.11 Å². The van der Waals surface area contributed by atoms with Crippen LogP contribution >= 0.6 is 0 Å². The highest BCUT2D eigenvalue weighted by molar-refractivity contribution is 5.50. The number of methoxy groups -OCH3 is 1. The Morgan fingerprint density at radius 3 is 2.67 bits per heavy atom. The molecule has 80 valence electrons. The molecule has 0 unspecified atom stereocenters. The van der Waals surface area contributed by atoms with Crippen LogP contribution in [-0.2, 0) is 0 Å². The highest BCUT2D eigenvalue weighted by Gasteiger charge is 2.16. The van der Waals surface area contributed by atoms with Crippen LogP contribution in [0.2, 0.25) is 0 Å². The van der Waals surface area contributed by atoms with Crippen molar-refractivity contribution in [1.82, 2.24) is 4.98 Å². The number of aromatic nitrogens is 1. The second kappa shape index (κ2) is 4.55. The molecule has 0 aliphatic carbocycles. The molecule has 4 nitrogen and oxygen atoms in total. The van der Waals surface area contributed by atoms with Gasteiger partial charge in [-0.2, -0.15) is 14.0 Å². The van der Waals surface area contributed by atoms with Gasteiger partial charge in [0.05, 0.1) is 7.11 Å². The zero-order chi connectivity index (χ0) is 11.4. The van der Waals surface area contributed by atoms with Gasteiger partial charge in [0.15, 0.2) is 11.3 Å². The standard InChI is InChI=1S/C9H8F2N2O2/c1-5-3-7(15-9(10)11)6(4-12)8(13-5)14-2/h3,9H,1-2H3. The lowest BCUT2D eigenvalue weighted by atomic mass is 10.2. The minimum absolute atomic E-state index is 0.0202. The molecule has 1 aromatic rings. The van der Waals surface area contributed by atoms with E-state index >= 15 is 0 Å². The van der Waals surface area contributed by atoms with E-state index in [4.69, 9.17) is 10.00 Å². The number of hydrogen-bond donors (Lipinski definition) is 0. The third-order valence-corrected chi connectivity index (χ3v) is 1.60. The average Bonchev–Trinajstić information content (AvgIpc) is 2.15. The molecule has 0 fully saturated rings. The summed E-state index contributed by atoms with van der Waals surface area (Å²) in [7, 11) is 1.30. The monoisotopic (exact) mass is 214 g/mol. The quantitative estimate of drug-likeness (QED) is 0.770.